The topological polar surface area (TPSA) is 0 Å². The molecule has 0 aromatic carbocycles. The maximum atomic E-state index is 14.0. The number of hydrogen-bond donors (Lipinski definition) is 0. The van der Waals surface area contributed by atoms with Gasteiger partial charge >= 0.3 is 0 Å². The van der Waals surface area contributed by atoms with Gasteiger partial charge in [0, 0.05) is 10.4 Å². The Morgan fingerprint density at radius 2 is 2.25 bits per heavy atom. The predicted octanol–water partition coefficient (Wildman–Crippen LogP) is 5.21. The minimum Gasteiger partial charge on any atom is -0.211 e. The van der Waals surface area contributed by atoms with Crippen molar-refractivity contribution in [3.63, 3.8) is 0 Å². The zero-order valence-corrected chi connectivity index (χ0v) is 12.8. The highest BCUT2D eigenvalue weighted by Crippen LogP contribution is 2.39. The van der Waals surface area contributed by atoms with Gasteiger partial charge in [-0.05, 0) is 24.9 Å². The number of hydrogen-bond acceptors (Lipinski definition) is 0. The van der Waals surface area contributed by atoms with Gasteiger partial charge in [0.25, 0.3) is 0 Å². The Morgan fingerprint density at radius 1 is 1.56 bits per heavy atom. The lowest BCUT2D eigenvalue weighted by Gasteiger charge is -2.24. The standard InChI is InChI=1S/C13H21BrFP/c1-3-4-5-11-9(2)13(15)12(14)7-6-10(11)8-16/h6,9,11H,3-5,7-8,16H2,1-2H3. The zero-order chi connectivity index (χ0) is 12.1. The third kappa shape index (κ3) is 3.40. The van der Waals surface area contributed by atoms with Crippen molar-refractivity contribution >= 4 is 25.2 Å². The van der Waals surface area contributed by atoms with Gasteiger partial charge in [0.15, 0.2) is 0 Å². The second-order valence-electron chi connectivity index (χ2n) is 4.48. The molecule has 0 bridgehead atoms. The van der Waals surface area contributed by atoms with Gasteiger partial charge in [0.1, 0.15) is 5.83 Å². The summed E-state index contributed by atoms with van der Waals surface area (Å²) in [4.78, 5) is 0. The van der Waals surface area contributed by atoms with E-state index in [0.717, 1.165) is 17.1 Å². The van der Waals surface area contributed by atoms with E-state index in [2.05, 4.69) is 38.2 Å². The van der Waals surface area contributed by atoms with Crippen LogP contribution in [0.1, 0.15) is 39.5 Å². The molecule has 0 spiro atoms. The first-order valence-electron chi connectivity index (χ1n) is 6.04. The summed E-state index contributed by atoms with van der Waals surface area (Å²) < 4.78 is 14.7. The minimum atomic E-state index is 0.0234. The zero-order valence-electron chi connectivity index (χ0n) is 10.1. The van der Waals surface area contributed by atoms with Crippen LogP contribution in [0.3, 0.4) is 0 Å². The second-order valence-corrected chi connectivity index (χ2v) is 5.84. The fourth-order valence-electron chi connectivity index (χ4n) is 2.31. The molecule has 0 aliphatic heterocycles. The van der Waals surface area contributed by atoms with Crippen molar-refractivity contribution in [1.29, 1.82) is 0 Å². The molecule has 0 heterocycles. The molecule has 1 aliphatic carbocycles. The Kier molecular flexibility index (Phi) is 6.21. The van der Waals surface area contributed by atoms with Crippen LogP contribution in [0, 0.1) is 11.8 Å². The highest BCUT2D eigenvalue weighted by molar-refractivity contribution is 9.11. The molecule has 16 heavy (non-hydrogen) atoms. The van der Waals surface area contributed by atoms with Crippen LogP contribution in [0.4, 0.5) is 4.39 Å². The SMILES string of the molecule is CCCCC1C(CP)=CCC(Br)=C(F)C1C. The van der Waals surface area contributed by atoms with Crippen molar-refractivity contribution in [3.05, 3.63) is 22.0 Å². The molecule has 0 N–H and O–H groups in total. The number of rotatable bonds is 4. The molecule has 3 atom stereocenters. The van der Waals surface area contributed by atoms with E-state index in [-0.39, 0.29) is 11.7 Å². The Hall–Kier alpha value is 0.320. The molecule has 0 saturated carbocycles. The molecule has 0 aromatic rings. The lowest BCUT2D eigenvalue weighted by molar-refractivity contribution is 0.364. The Labute approximate surface area is 109 Å². The highest BCUT2D eigenvalue weighted by Gasteiger charge is 2.27. The molecule has 0 fully saturated rings. The largest absolute Gasteiger partial charge is 0.211 e. The summed E-state index contributed by atoms with van der Waals surface area (Å²) in [6.07, 6.45) is 7.34. The average molecular weight is 307 g/mol. The van der Waals surface area contributed by atoms with E-state index in [9.17, 15) is 4.39 Å². The lowest BCUT2D eigenvalue weighted by atomic mass is 9.83. The summed E-state index contributed by atoms with van der Waals surface area (Å²) in [5.41, 5.74) is 1.40. The van der Waals surface area contributed by atoms with Gasteiger partial charge in [-0.2, -0.15) is 0 Å². The Bertz CT molecular complexity index is 296. The molecule has 0 amide bonds. The van der Waals surface area contributed by atoms with Crippen LogP contribution in [-0.2, 0) is 0 Å². The summed E-state index contributed by atoms with van der Waals surface area (Å²) in [6, 6.07) is 0. The smallest absolute Gasteiger partial charge is 0.114 e. The van der Waals surface area contributed by atoms with Crippen molar-refractivity contribution in [2.45, 2.75) is 39.5 Å². The average Bonchev–Trinajstić information content (AvgIpc) is 2.39. The molecule has 3 unspecified atom stereocenters. The van der Waals surface area contributed by atoms with Crippen LogP contribution in [0.5, 0.6) is 0 Å². The summed E-state index contributed by atoms with van der Waals surface area (Å²) in [5.74, 6) is 0.452. The van der Waals surface area contributed by atoms with Gasteiger partial charge in [-0.15, -0.1) is 9.24 Å². The second kappa shape index (κ2) is 6.91. The molecule has 92 valence electrons. The molecular weight excluding hydrogens is 286 g/mol. The first-order chi connectivity index (χ1) is 7.61. The summed E-state index contributed by atoms with van der Waals surface area (Å²) in [5, 5.41) is 0. The minimum absolute atomic E-state index is 0.0234. The van der Waals surface area contributed by atoms with Crippen LogP contribution in [0.2, 0.25) is 0 Å². The Balaban J connectivity index is 2.89. The van der Waals surface area contributed by atoms with Gasteiger partial charge in [0.05, 0.1) is 0 Å². The third-order valence-corrected chi connectivity index (χ3v) is 4.56. The van der Waals surface area contributed by atoms with Crippen LogP contribution < -0.4 is 0 Å². The van der Waals surface area contributed by atoms with Crippen LogP contribution >= 0.6 is 25.2 Å². The molecule has 0 aromatic heterocycles. The van der Waals surface area contributed by atoms with Crippen molar-refractivity contribution in [2.24, 2.45) is 11.8 Å². The normalized spacial score (nSPS) is 26.7. The van der Waals surface area contributed by atoms with Crippen molar-refractivity contribution in [3.8, 4) is 0 Å². The number of unbranched alkanes of at least 4 members (excludes halogenated alkanes) is 1. The van der Waals surface area contributed by atoms with Crippen LogP contribution in [0.15, 0.2) is 22.0 Å². The summed E-state index contributed by atoms with van der Waals surface area (Å²) in [7, 11) is 2.77. The summed E-state index contributed by atoms with van der Waals surface area (Å²) in [6.45, 7) is 4.20. The monoisotopic (exact) mass is 306 g/mol. The van der Waals surface area contributed by atoms with E-state index in [0.29, 0.717) is 12.3 Å². The molecule has 1 aliphatic rings. The molecular formula is C13H21BrFP. The molecule has 1 rings (SSSR count). The fraction of sp³-hybridized carbons (Fsp3) is 0.692. The molecule has 0 saturated heterocycles. The first kappa shape index (κ1) is 14.4. The lowest BCUT2D eigenvalue weighted by Crippen LogP contribution is -2.15. The maximum absolute atomic E-state index is 14.0. The molecule has 0 radical (unpaired) electrons. The van der Waals surface area contributed by atoms with Gasteiger partial charge in [-0.3, -0.25) is 0 Å². The first-order valence-corrected chi connectivity index (χ1v) is 7.65. The van der Waals surface area contributed by atoms with Gasteiger partial charge < -0.3 is 0 Å². The number of halogens is 2. The van der Waals surface area contributed by atoms with Gasteiger partial charge in [0.2, 0.25) is 0 Å². The van der Waals surface area contributed by atoms with E-state index in [1.807, 2.05) is 6.92 Å². The molecule has 3 heteroatoms. The van der Waals surface area contributed by atoms with E-state index in [1.54, 1.807) is 0 Å². The maximum Gasteiger partial charge on any atom is 0.114 e. The van der Waals surface area contributed by atoms with E-state index in [1.165, 1.54) is 18.4 Å². The quantitative estimate of drug-likeness (QED) is 0.494. The fourth-order valence-corrected chi connectivity index (χ4v) is 3.30. The van der Waals surface area contributed by atoms with Crippen molar-refractivity contribution in [1.82, 2.24) is 0 Å². The molecule has 0 nitrogen and oxygen atoms in total. The van der Waals surface area contributed by atoms with Crippen molar-refractivity contribution < 1.29 is 4.39 Å². The van der Waals surface area contributed by atoms with E-state index in [4.69, 9.17) is 0 Å². The van der Waals surface area contributed by atoms with Crippen LogP contribution in [0.25, 0.3) is 0 Å². The highest BCUT2D eigenvalue weighted by atomic mass is 79.9. The van der Waals surface area contributed by atoms with Gasteiger partial charge in [-0.25, -0.2) is 4.39 Å². The van der Waals surface area contributed by atoms with Crippen molar-refractivity contribution in [2.75, 3.05) is 6.16 Å². The summed E-state index contributed by atoms with van der Waals surface area (Å²) >= 11 is 3.35. The van der Waals surface area contributed by atoms with Crippen LogP contribution in [-0.4, -0.2) is 6.16 Å². The third-order valence-electron chi connectivity index (χ3n) is 3.39. The predicted molar refractivity (Wildman–Crippen MR) is 76.5 cm³/mol. The van der Waals surface area contributed by atoms with E-state index >= 15 is 0 Å². The van der Waals surface area contributed by atoms with Gasteiger partial charge in [-0.1, -0.05) is 54.3 Å². The Morgan fingerprint density at radius 3 is 2.81 bits per heavy atom. The van der Waals surface area contributed by atoms with E-state index < -0.39 is 0 Å². The number of allylic oxidation sites excluding steroid dienone is 4.